The number of fused-ring (bicyclic) bond motifs is 1. The summed E-state index contributed by atoms with van der Waals surface area (Å²) in [5.41, 5.74) is 2.94. The first kappa shape index (κ1) is 18.8. The number of rotatable bonds is 1. The predicted molar refractivity (Wildman–Crippen MR) is 97.5 cm³/mol. The topological polar surface area (TPSA) is 23.6 Å². The van der Waals surface area contributed by atoms with Crippen LogP contribution < -0.4 is 0 Å². The summed E-state index contributed by atoms with van der Waals surface area (Å²) >= 11 is 0. The second-order valence-corrected chi connectivity index (χ2v) is 7.34. The average molecular weight is 392 g/mol. The van der Waals surface area contributed by atoms with E-state index in [-0.39, 0.29) is 12.6 Å². The Hall–Kier alpha value is -2.57. The number of likely N-dealkylation sites (tertiary alicyclic amines) is 1. The third-order valence-corrected chi connectivity index (χ3v) is 5.44. The van der Waals surface area contributed by atoms with Crippen LogP contribution in [0.1, 0.15) is 23.1 Å². The van der Waals surface area contributed by atoms with Crippen molar-refractivity contribution in [1.82, 2.24) is 9.80 Å². The number of urea groups is 1. The maximum absolute atomic E-state index is 13.4. The molecule has 148 valence electrons. The number of nitrogens with zero attached hydrogens (tertiary/aromatic N) is 2. The van der Waals surface area contributed by atoms with Gasteiger partial charge in [0.25, 0.3) is 0 Å². The van der Waals surface area contributed by atoms with Crippen LogP contribution in [0.5, 0.6) is 0 Å². The van der Waals surface area contributed by atoms with Gasteiger partial charge < -0.3 is 9.80 Å². The van der Waals surface area contributed by atoms with Gasteiger partial charge in [-0.15, -0.1) is 0 Å². The number of hydrogen-bond acceptors (Lipinski definition) is 1. The lowest BCUT2D eigenvalue weighted by Crippen LogP contribution is -2.44. The maximum atomic E-state index is 13.4. The highest BCUT2D eigenvalue weighted by Gasteiger charge is 2.31. The van der Waals surface area contributed by atoms with E-state index in [0.29, 0.717) is 38.0 Å². The molecule has 1 saturated heterocycles. The Morgan fingerprint density at radius 3 is 2.29 bits per heavy atom. The van der Waals surface area contributed by atoms with E-state index in [0.717, 1.165) is 28.8 Å². The van der Waals surface area contributed by atoms with Gasteiger partial charge in [0.15, 0.2) is 0 Å². The van der Waals surface area contributed by atoms with Crippen LogP contribution in [0.25, 0.3) is 11.1 Å². The molecule has 0 spiro atoms. The Balaban J connectivity index is 1.53. The van der Waals surface area contributed by atoms with Crippen molar-refractivity contribution in [1.29, 1.82) is 0 Å². The molecule has 7 heteroatoms. The van der Waals surface area contributed by atoms with Crippen LogP contribution in [0.15, 0.2) is 42.5 Å². The monoisotopic (exact) mass is 392 g/mol. The molecule has 2 aromatic rings. The SMILES string of the molecule is O=C(N1CCc2ccc(-c3ccc(C(F)(F)F)cc3)cc2C1)N1CCC(F)C1. The molecule has 0 aromatic heterocycles. The molecule has 0 bridgehead atoms. The summed E-state index contributed by atoms with van der Waals surface area (Å²) in [6.07, 6.45) is -4.22. The van der Waals surface area contributed by atoms with Gasteiger partial charge in [-0.1, -0.05) is 24.3 Å². The van der Waals surface area contributed by atoms with Crippen molar-refractivity contribution >= 4 is 6.03 Å². The van der Waals surface area contributed by atoms with Crippen LogP contribution >= 0.6 is 0 Å². The highest BCUT2D eigenvalue weighted by molar-refractivity contribution is 5.75. The van der Waals surface area contributed by atoms with Gasteiger partial charge in [0, 0.05) is 19.6 Å². The van der Waals surface area contributed by atoms with Crippen molar-refractivity contribution in [3.8, 4) is 11.1 Å². The molecule has 2 aromatic carbocycles. The number of alkyl halides is 4. The van der Waals surface area contributed by atoms with Gasteiger partial charge in [0.05, 0.1) is 12.1 Å². The second-order valence-electron chi connectivity index (χ2n) is 7.34. The quantitative estimate of drug-likeness (QED) is 0.634. The lowest BCUT2D eigenvalue weighted by molar-refractivity contribution is -0.137. The third kappa shape index (κ3) is 3.70. The van der Waals surface area contributed by atoms with E-state index in [2.05, 4.69) is 0 Å². The fourth-order valence-electron chi connectivity index (χ4n) is 3.84. The number of carbonyl (C=O) groups is 1. The van der Waals surface area contributed by atoms with Gasteiger partial charge >= 0.3 is 12.2 Å². The lowest BCUT2D eigenvalue weighted by atomic mass is 9.94. The normalized spacial score (nSPS) is 19.6. The van der Waals surface area contributed by atoms with Gasteiger partial charge in [0.2, 0.25) is 0 Å². The van der Waals surface area contributed by atoms with Crippen molar-refractivity contribution in [3.63, 3.8) is 0 Å². The molecule has 0 aliphatic carbocycles. The minimum atomic E-state index is -4.36. The smallest absolute Gasteiger partial charge is 0.322 e. The van der Waals surface area contributed by atoms with Crippen molar-refractivity contribution in [3.05, 3.63) is 59.2 Å². The molecule has 1 unspecified atom stereocenters. The number of amides is 2. The molecular formula is C21H20F4N2O. The molecule has 0 N–H and O–H groups in total. The molecule has 4 rings (SSSR count). The first-order valence-corrected chi connectivity index (χ1v) is 9.28. The van der Waals surface area contributed by atoms with E-state index in [4.69, 9.17) is 0 Å². The fourth-order valence-corrected chi connectivity index (χ4v) is 3.84. The lowest BCUT2D eigenvalue weighted by Gasteiger charge is -2.32. The summed E-state index contributed by atoms with van der Waals surface area (Å²) in [7, 11) is 0. The standard InChI is InChI=1S/C21H20F4N2O/c22-19-8-10-27(13-19)20(28)26-9-7-15-1-2-16(11-17(15)12-26)14-3-5-18(6-4-14)21(23,24)25/h1-6,11,19H,7-10,12-13H2. The number of carbonyl (C=O) groups excluding carboxylic acids is 1. The van der Waals surface area contributed by atoms with E-state index in [1.165, 1.54) is 12.1 Å². The molecule has 2 heterocycles. The van der Waals surface area contributed by atoms with Crippen LogP contribution in [0, 0.1) is 0 Å². The first-order chi connectivity index (χ1) is 13.3. The van der Waals surface area contributed by atoms with Crippen LogP contribution in [-0.2, 0) is 19.1 Å². The molecule has 2 aliphatic rings. The molecule has 1 fully saturated rings. The van der Waals surface area contributed by atoms with Gasteiger partial charge in [-0.05, 0) is 53.3 Å². The number of hydrogen-bond donors (Lipinski definition) is 0. The van der Waals surface area contributed by atoms with E-state index in [9.17, 15) is 22.4 Å². The van der Waals surface area contributed by atoms with Crippen molar-refractivity contribution < 1.29 is 22.4 Å². The van der Waals surface area contributed by atoms with E-state index in [1.54, 1.807) is 9.80 Å². The van der Waals surface area contributed by atoms with Crippen molar-refractivity contribution in [2.45, 2.75) is 31.7 Å². The Morgan fingerprint density at radius 2 is 1.64 bits per heavy atom. The number of benzene rings is 2. The summed E-state index contributed by atoms with van der Waals surface area (Å²) in [5, 5.41) is 0. The summed E-state index contributed by atoms with van der Waals surface area (Å²) < 4.78 is 51.7. The van der Waals surface area contributed by atoms with Gasteiger partial charge in [-0.25, -0.2) is 9.18 Å². The highest BCUT2D eigenvalue weighted by Crippen LogP contribution is 2.32. The summed E-state index contributed by atoms with van der Waals surface area (Å²) in [4.78, 5) is 15.9. The number of halogens is 4. The predicted octanol–water partition coefficient (Wildman–Crippen LogP) is 4.89. The van der Waals surface area contributed by atoms with Crippen LogP contribution in [0.4, 0.5) is 22.4 Å². The van der Waals surface area contributed by atoms with E-state index >= 15 is 0 Å². The Morgan fingerprint density at radius 1 is 0.929 bits per heavy atom. The van der Waals surface area contributed by atoms with E-state index < -0.39 is 17.9 Å². The van der Waals surface area contributed by atoms with Crippen LogP contribution in [0.2, 0.25) is 0 Å². The Bertz CT molecular complexity index is 879. The zero-order valence-corrected chi connectivity index (χ0v) is 15.2. The first-order valence-electron chi connectivity index (χ1n) is 9.28. The Labute approximate surface area is 160 Å². The minimum Gasteiger partial charge on any atom is -0.322 e. The van der Waals surface area contributed by atoms with Crippen LogP contribution in [-0.4, -0.2) is 41.6 Å². The molecule has 1 atom stereocenters. The zero-order valence-electron chi connectivity index (χ0n) is 15.2. The van der Waals surface area contributed by atoms with Crippen molar-refractivity contribution in [2.24, 2.45) is 0 Å². The molecule has 28 heavy (non-hydrogen) atoms. The van der Waals surface area contributed by atoms with E-state index in [1.807, 2.05) is 18.2 Å². The molecular weight excluding hydrogens is 372 g/mol. The highest BCUT2D eigenvalue weighted by atomic mass is 19.4. The summed E-state index contributed by atoms with van der Waals surface area (Å²) in [6, 6.07) is 10.7. The molecule has 2 aliphatic heterocycles. The van der Waals surface area contributed by atoms with Gasteiger partial charge in [0.1, 0.15) is 6.17 Å². The molecule has 0 saturated carbocycles. The summed E-state index contributed by atoms with van der Waals surface area (Å²) in [5.74, 6) is 0. The maximum Gasteiger partial charge on any atom is 0.416 e. The molecule has 2 amide bonds. The second kappa shape index (κ2) is 7.11. The van der Waals surface area contributed by atoms with Gasteiger partial charge in [-0.3, -0.25) is 0 Å². The third-order valence-electron chi connectivity index (χ3n) is 5.44. The van der Waals surface area contributed by atoms with Crippen LogP contribution in [0.3, 0.4) is 0 Å². The average Bonchev–Trinajstić information content (AvgIpc) is 3.12. The largest absolute Gasteiger partial charge is 0.416 e. The molecule has 0 radical (unpaired) electrons. The molecule has 3 nitrogen and oxygen atoms in total. The zero-order chi connectivity index (χ0) is 19.9. The van der Waals surface area contributed by atoms with Gasteiger partial charge in [-0.2, -0.15) is 13.2 Å². The van der Waals surface area contributed by atoms with Crippen molar-refractivity contribution in [2.75, 3.05) is 19.6 Å². The minimum absolute atomic E-state index is 0.147. The Kier molecular flexibility index (Phi) is 4.77. The fraction of sp³-hybridized carbons (Fsp3) is 0.381. The summed E-state index contributed by atoms with van der Waals surface area (Å²) in [6.45, 7) is 1.59.